The molecule has 1 aliphatic heterocycles. The number of carbonyl (C=O) groups excluding carboxylic acids is 1. The lowest BCUT2D eigenvalue weighted by Crippen LogP contribution is -2.60. The minimum Gasteiger partial charge on any atom is -0.459 e. The van der Waals surface area contributed by atoms with Gasteiger partial charge in [0.25, 0.3) is 0 Å². The van der Waals surface area contributed by atoms with E-state index in [1.807, 2.05) is 39.8 Å². The average Bonchev–Trinajstić information content (AvgIpc) is 2.44. The van der Waals surface area contributed by atoms with E-state index in [1.165, 1.54) is 5.56 Å². The van der Waals surface area contributed by atoms with Gasteiger partial charge in [-0.2, -0.15) is 0 Å². The average molecular weight is 304 g/mol. The van der Waals surface area contributed by atoms with Crippen molar-refractivity contribution >= 4 is 5.97 Å². The number of ether oxygens (including phenoxy) is 1. The monoisotopic (exact) mass is 304 g/mol. The molecule has 1 radical (unpaired) electrons. The van der Waals surface area contributed by atoms with Crippen LogP contribution in [0, 0.1) is 0 Å². The van der Waals surface area contributed by atoms with Crippen molar-refractivity contribution in [2.75, 3.05) is 0 Å². The van der Waals surface area contributed by atoms with Gasteiger partial charge in [0.15, 0.2) is 0 Å². The van der Waals surface area contributed by atoms with Crippen molar-refractivity contribution in [1.82, 2.24) is 5.06 Å². The summed E-state index contributed by atoms with van der Waals surface area (Å²) in [6.07, 6.45) is 1.82. The van der Waals surface area contributed by atoms with Gasteiger partial charge in [-0.25, -0.2) is 4.79 Å². The molecule has 0 atom stereocenters. The Hall–Kier alpha value is -1.39. The van der Waals surface area contributed by atoms with E-state index < -0.39 is 11.1 Å². The molecule has 4 heteroatoms. The molecular formula is C18H26NO3. The van der Waals surface area contributed by atoms with Gasteiger partial charge in [0.1, 0.15) is 6.10 Å². The maximum atomic E-state index is 12.3. The predicted octanol–water partition coefficient (Wildman–Crippen LogP) is 3.77. The number of hydroxylamine groups is 2. The van der Waals surface area contributed by atoms with E-state index in [4.69, 9.17) is 4.74 Å². The quantitative estimate of drug-likeness (QED) is 0.799. The molecule has 0 bridgehead atoms. The van der Waals surface area contributed by atoms with Crippen molar-refractivity contribution in [2.24, 2.45) is 0 Å². The van der Waals surface area contributed by atoms with E-state index in [2.05, 4.69) is 6.92 Å². The first-order chi connectivity index (χ1) is 10.2. The number of esters is 1. The fourth-order valence-electron chi connectivity index (χ4n) is 3.35. The van der Waals surface area contributed by atoms with Crippen LogP contribution in [0.3, 0.4) is 0 Å². The minimum absolute atomic E-state index is 0.228. The number of rotatable bonds is 3. The Morgan fingerprint density at radius 3 is 2.09 bits per heavy atom. The molecule has 1 aromatic rings. The summed E-state index contributed by atoms with van der Waals surface area (Å²) in [6.45, 7) is 9.68. The summed E-state index contributed by atoms with van der Waals surface area (Å²) < 4.78 is 5.67. The first-order valence-corrected chi connectivity index (χ1v) is 7.93. The molecule has 0 aromatic heterocycles. The van der Waals surface area contributed by atoms with Gasteiger partial charge in [0, 0.05) is 23.9 Å². The first kappa shape index (κ1) is 17.0. The normalized spacial score (nSPS) is 21.5. The number of piperidine rings is 1. The second-order valence-electron chi connectivity index (χ2n) is 7.41. The Morgan fingerprint density at radius 1 is 1.14 bits per heavy atom. The molecule has 0 N–H and O–H groups in total. The van der Waals surface area contributed by atoms with Gasteiger partial charge in [-0.3, -0.25) is 0 Å². The Kier molecular flexibility index (Phi) is 4.64. The highest BCUT2D eigenvalue weighted by atomic mass is 16.5. The highest BCUT2D eigenvalue weighted by Gasteiger charge is 2.47. The number of hydrogen-bond acceptors (Lipinski definition) is 3. The highest BCUT2D eigenvalue weighted by molar-refractivity contribution is 5.89. The molecule has 0 amide bonds. The van der Waals surface area contributed by atoms with Gasteiger partial charge in [0.2, 0.25) is 0 Å². The van der Waals surface area contributed by atoms with Crippen LogP contribution in [0.15, 0.2) is 24.3 Å². The third-order valence-electron chi connectivity index (χ3n) is 4.43. The zero-order valence-electron chi connectivity index (χ0n) is 14.2. The SMILES string of the molecule is CCc1ccc(C(=O)OC2CC(C)(C)N([O])C(C)(C)C2)cc1. The van der Waals surface area contributed by atoms with Crippen molar-refractivity contribution in [2.45, 2.75) is 71.1 Å². The van der Waals surface area contributed by atoms with Gasteiger partial charge in [0.05, 0.1) is 5.56 Å². The maximum absolute atomic E-state index is 12.3. The van der Waals surface area contributed by atoms with Crippen LogP contribution in [0.5, 0.6) is 0 Å². The summed E-state index contributed by atoms with van der Waals surface area (Å²) >= 11 is 0. The molecule has 2 rings (SSSR count). The van der Waals surface area contributed by atoms with Gasteiger partial charge in [-0.1, -0.05) is 19.1 Å². The molecule has 1 heterocycles. The van der Waals surface area contributed by atoms with Crippen molar-refractivity contribution in [1.29, 1.82) is 0 Å². The zero-order chi connectivity index (χ0) is 16.5. The van der Waals surface area contributed by atoms with Crippen LogP contribution in [-0.2, 0) is 16.4 Å². The molecule has 0 spiro atoms. The van der Waals surface area contributed by atoms with E-state index in [9.17, 15) is 10.0 Å². The van der Waals surface area contributed by atoms with Crippen LogP contribution in [0.1, 0.15) is 63.4 Å². The molecule has 1 saturated heterocycles. The fraction of sp³-hybridized carbons (Fsp3) is 0.611. The molecule has 4 nitrogen and oxygen atoms in total. The van der Waals surface area contributed by atoms with Gasteiger partial charge < -0.3 is 4.74 Å². The molecule has 0 aliphatic carbocycles. The molecule has 1 aliphatic rings. The van der Waals surface area contributed by atoms with Gasteiger partial charge in [-0.15, -0.1) is 10.3 Å². The van der Waals surface area contributed by atoms with E-state index >= 15 is 0 Å². The van der Waals surface area contributed by atoms with E-state index in [0.29, 0.717) is 18.4 Å². The zero-order valence-corrected chi connectivity index (χ0v) is 14.2. The van der Waals surface area contributed by atoms with Crippen LogP contribution in [0.25, 0.3) is 0 Å². The molecule has 1 fully saturated rings. The third kappa shape index (κ3) is 3.50. The van der Waals surface area contributed by atoms with Crippen molar-refractivity contribution in [3.8, 4) is 0 Å². The maximum Gasteiger partial charge on any atom is 0.338 e. The molecule has 0 unspecified atom stereocenters. The Balaban J connectivity index is 2.08. The smallest absolute Gasteiger partial charge is 0.338 e. The van der Waals surface area contributed by atoms with Gasteiger partial charge >= 0.3 is 5.97 Å². The lowest BCUT2D eigenvalue weighted by atomic mass is 9.80. The lowest BCUT2D eigenvalue weighted by molar-refractivity contribution is -0.298. The summed E-state index contributed by atoms with van der Waals surface area (Å²) in [5, 5.41) is 13.5. The van der Waals surface area contributed by atoms with Crippen LogP contribution >= 0.6 is 0 Å². The van der Waals surface area contributed by atoms with Crippen molar-refractivity contribution in [3.05, 3.63) is 35.4 Å². The van der Waals surface area contributed by atoms with E-state index in [-0.39, 0.29) is 12.1 Å². The molecular weight excluding hydrogens is 278 g/mol. The lowest BCUT2D eigenvalue weighted by Gasteiger charge is -2.49. The van der Waals surface area contributed by atoms with Crippen LogP contribution in [0.2, 0.25) is 0 Å². The molecule has 22 heavy (non-hydrogen) atoms. The molecule has 121 valence electrons. The first-order valence-electron chi connectivity index (χ1n) is 7.93. The second kappa shape index (κ2) is 6.01. The summed E-state index contributed by atoms with van der Waals surface area (Å²) in [7, 11) is 0. The van der Waals surface area contributed by atoms with E-state index in [0.717, 1.165) is 11.5 Å². The Morgan fingerprint density at radius 2 is 1.64 bits per heavy atom. The summed E-state index contributed by atoms with van der Waals surface area (Å²) in [4.78, 5) is 12.3. The van der Waals surface area contributed by atoms with E-state index in [1.54, 1.807) is 12.1 Å². The predicted molar refractivity (Wildman–Crippen MR) is 84.9 cm³/mol. The standard InChI is InChI=1S/C18H26NO3/c1-6-13-7-9-14(10-8-13)16(20)22-15-11-17(2,3)19(21)18(4,5)12-15/h7-10,15H,6,11-12H2,1-5H3. The van der Waals surface area contributed by atoms with Crippen molar-refractivity contribution < 1.29 is 14.7 Å². The van der Waals surface area contributed by atoms with Crippen LogP contribution in [-0.4, -0.2) is 28.2 Å². The summed E-state index contributed by atoms with van der Waals surface area (Å²) in [6, 6.07) is 7.51. The number of carbonyl (C=O) groups is 1. The number of benzene rings is 1. The third-order valence-corrected chi connectivity index (χ3v) is 4.43. The number of hydrogen-bond donors (Lipinski definition) is 0. The highest BCUT2D eigenvalue weighted by Crippen LogP contribution is 2.38. The summed E-state index contributed by atoms with van der Waals surface area (Å²) in [5.41, 5.74) is 0.702. The molecule has 1 aromatic carbocycles. The Bertz CT molecular complexity index is 516. The minimum atomic E-state index is -0.529. The second-order valence-corrected chi connectivity index (χ2v) is 7.41. The van der Waals surface area contributed by atoms with Crippen LogP contribution in [0.4, 0.5) is 0 Å². The van der Waals surface area contributed by atoms with Crippen molar-refractivity contribution in [3.63, 3.8) is 0 Å². The topological polar surface area (TPSA) is 49.4 Å². The number of nitrogens with zero attached hydrogens (tertiary/aromatic N) is 1. The Labute approximate surface area is 133 Å². The van der Waals surface area contributed by atoms with Crippen LogP contribution < -0.4 is 0 Å². The number of aryl methyl sites for hydroxylation is 1. The molecule has 0 saturated carbocycles. The van der Waals surface area contributed by atoms with Gasteiger partial charge in [-0.05, 0) is 51.8 Å². The fourth-order valence-corrected chi connectivity index (χ4v) is 3.35. The largest absolute Gasteiger partial charge is 0.459 e. The summed E-state index contributed by atoms with van der Waals surface area (Å²) in [5.74, 6) is -0.307.